The minimum absolute atomic E-state index is 0.791. The van der Waals surface area contributed by atoms with Gasteiger partial charge in [-0.3, -0.25) is 4.99 Å². The number of rotatable bonds is 1. The van der Waals surface area contributed by atoms with Crippen molar-refractivity contribution in [1.29, 1.82) is 0 Å². The van der Waals surface area contributed by atoms with E-state index in [1.54, 1.807) is 11.8 Å². The van der Waals surface area contributed by atoms with Crippen LogP contribution in [0.4, 0.5) is 11.4 Å². The first-order chi connectivity index (χ1) is 9.76. The van der Waals surface area contributed by atoms with Gasteiger partial charge in [0.1, 0.15) is 0 Å². The zero-order valence-electron chi connectivity index (χ0n) is 11.6. The van der Waals surface area contributed by atoms with E-state index in [1.165, 1.54) is 11.1 Å². The van der Waals surface area contributed by atoms with Gasteiger partial charge in [0.25, 0.3) is 0 Å². The number of hydrogen-bond acceptors (Lipinski definition) is 3. The van der Waals surface area contributed by atoms with Gasteiger partial charge in [0.15, 0.2) is 0 Å². The van der Waals surface area contributed by atoms with Gasteiger partial charge in [0.05, 0.1) is 22.1 Å². The highest BCUT2D eigenvalue weighted by molar-refractivity contribution is 8.13. The van der Waals surface area contributed by atoms with Gasteiger partial charge in [0, 0.05) is 6.42 Å². The van der Waals surface area contributed by atoms with Crippen molar-refractivity contribution in [2.45, 2.75) is 13.3 Å². The molecular formula is C17H16N2S. The predicted octanol–water partition coefficient (Wildman–Crippen LogP) is 4.91. The Morgan fingerprint density at radius 1 is 0.900 bits per heavy atom. The van der Waals surface area contributed by atoms with Gasteiger partial charge < -0.3 is 0 Å². The minimum atomic E-state index is 0.791. The lowest BCUT2D eigenvalue weighted by molar-refractivity contribution is 1.42. The lowest BCUT2D eigenvalue weighted by atomic mass is 10.1. The second kappa shape index (κ2) is 5.63. The first-order valence-corrected chi connectivity index (χ1v) is 7.84. The third kappa shape index (κ3) is 2.68. The van der Waals surface area contributed by atoms with Crippen LogP contribution in [-0.2, 0) is 0 Å². The van der Waals surface area contributed by atoms with Crippen molar-refractivity contribution < 1.29 is 0 Å². The number of thioether (sulfide) groups is 1. The van der Waals surface area contributed by atoms with Crippen LogP contribution in [0.3, 0.4) is 0 Å². The number of benzene rings is 2. The van der Waals surface area contributed by atoms with Crippen LogP contribution in [0.15, 0.2) is 58.5 Å². The third-order valence-corrected chi connectivity index (χ3v) is 4.03. The van der Waals surface area contributed by atoms with Gasteiger partial charge >= 0.3 is 0 Å². The van der Waals surface area contributed by atoms with E-state index in [0.29, 0.717) is 0 Å². The SMILES string of the molecule is CSC1=Nc2ccccc2N=C(c2ccc(C)cc2)C1. The molecule has 0 N–H and O–H groups in total. The van der Waals surface area contributed by atoms with Crippen LogP contribution < -0.4 is 0 Å². The first-order valence-electron chi connectivity index (χ1n) is 6.61. The fourth-order valence-electron chi connectivity index (χ4n) is 2.19. The van der Waals surface area contributed by atoms with Crippen molar-refractivity contribution in [3.8, 4) is 0 Å². The average Bonchev–Trinajstić information content (AvgIpc) is 2.67. The molecule has 0 amide bonds. The summed E-state index contributed by atoms with van der Waals surface area (Å²) in [7, 11) is 0. The number of para-hydroxylation sites is 2. The van der Waals surface area contributed by atoms with Crippen molar-refractivity contribution in [2.75, 3.05) is 6.26 Å². The molecule has 0 radical (unpaired) electrons. The van der Waals surface area contributed by atoms with Gasteiger partial charge in [-0.05, 0) is 30.9 Å². The molecule has 2 aromatic rings. The van der Waals surface area contributed by atoms with Crippen molar-refractivity contribution in [1.82, 2.24) is 0 Å². The molecular weight excluding hydrogens is 264 g/mol. The Morgan fingerprint density at radius 2 is 1.55 bits per heavy atom. The van der Waals surface area contributed by atoms with E-state index in [9.17, 15) is 0 Å². The summed E-state index contributed by atoms with van der Waals surface area (Å²) in [6.45, 7) is 2.10. The highest BCUT2D eigenvalue weighted by Crippen LogP contribution is 2.32. The van der Waals surface area contributed by atoms with E-state index < -0.39 is 0 Å². The van der Waals surface area contributed by atoms with Crippen LogP contribution >= 0.6 is 11.8 Å². The maximum absolute atomic E-state index is 4.83. The van der Waals surface area contributed by atoms with Gasteiger partial charge in [0.2, 0.25) is 0 Å². The summed E-state index contributed by atoms with van der Waals surface area (Å²) in [6.07, 6.45) is 2.86. The molecule has 0 aliphatic carbocycles. The number of aliphatic imine (C=N–C) groups is 2. The molecule has 0 spiro atoms. The monoisotopic (exact) mass is 280 g/mol. The molecule has 3 heteroatoms. The van der Waals surface area contributed by atoms with Gasteiger partial charge in [-0.15, -0.1) is 11.8 Å². The summed E-state index contributed by atoms with van der Waals surface area (Å²) >= 11 is 1.69. The number of hydrogen-bond donors (Lipinski definition) is 0. The number of aryl methyl sites for hydroxylation is 1. The molecule has 2 nitrogen and oxygen atoms in total. The molecule has 0 fully saturated rings. The molecule has 20 heavy (non-hydrogen) atoms. The molecule has 0 saturated carbocycles. The molecule has 0 saturated heterocycles. The second-order valence-electron chi connectivity index (χ2n) is 4.80. The lowest BCUT2D eigenvalue weighted by Gasteiger charge is -2.06. The summed E-state index contributed by atoms with van der Waals surface area (Å²) in [4.78, 5) is 9.54. The van der Waals surface area contributed by atoms with Gasteiger partial charge in [-0.25, -0.2) is 4.99 Å². The van der Waals surface area contributed by atoms with Crippen molar-refractivity contribution in [3.05, 3.63) is 59.7 Å². The van der Waals surface area contributed by atoms with E-state index >= 15 is 0 Å². The summed E-state index contributed by atoms with van der Waals surface area (Å²) in [5.74, 6) is 0. The van der Waals surface area contributed by atoms with Gasteiger partial charge in [-0.2, -0.15) is 0 Å². The van der Waals surface area contributed by atoms with E-state index in [-0.39, 0.29) is 0 Å². The van der Waals surface area contributed by atoms with Crippen LogP contribution in [0.2, 0.25) is 0 Å². The summed E-state index contributed by atoms with van der Waals surface area (Å²) in [6, 6.07) is 16.6. The fraction of sp³-hybridized carbons (Fsp3) is 0.176. The lowest BCUT2D eigenvalue weighted by Crippen LogP contribution is -2.05. The largest absolute Gasteiger partial charge is 0.250 e. The van der Waals surface area contributed by atoms with Crippen LogP contribution in [-0.4, -0.2) is 17.0 Å². The van der Waals surface area contributed by atoms with E-state index in [2.05, 4.69) is 37.4 Å². The van der Waals surface area contributed by atoms with Crippen molar-refractivity contribution in [3.63, 3.8) is 0 Å². The maximum Gasteiger partial charge on any atom is 0.0896 e. The van der Waals surface area contributed by atoms with E-state index in [0.717, 1.165) is 28.6 Å². The van der Waals surface area contributed by atoms with E-state index in [4.69, 9.17) is 9.98 Å². The average molecular weight is 280 g/mol. The van der Waals surface area contributed by atoms with Crippen LogP contribution in [0, 0.1) is 6.92 Å². The molecule has 1 heterocycles. The highest BCUT2D eigenvalue weighted by atomic mass is 32.2. The Bertz CT molecular complexity index is 684. The topological polar surface area (TPSA) is 24.7 Å². The maximum atomic E-state index is 4.83. The fourth-order valence-corrected chi connectivity index (χ4v) is 2.66. The Balaban J connectivity index is 2.10. The normalized spacial score (nSPS) is 14.1. The van der Waals surface area contributed by atoms with Crippen molar-refractivity contribution in [2.24, 2.45) is 9.98 Å². The molecule has 1 aliphatic rings. The number of nitrogens with zero attached hydrogens (tertiary/aromatic N) is 2. The van der Waals surface area contributed by atoms with Crippen LogP contribution in [0.1, 0.15) is 17.5 Å². The Hall–Kier alpha value is -1.87. The zero-order valence-corrected chi connectivity index (χ0v) is 12.4. The predicted molar refractivity (Wildman–Crippen MR) is 89.0 cm³/mol. The molecule has 0 unspecified atom stereocenters. The summed E-state index contributed by atoms with van der Waals surface area (Å²) < 4.78 is 0. The molecule has 0 aromatic heterocycles. The zero-order chi connectivity index (χ0) is 13.9. The molecule has 0 atom stereocenters. The van der Waals surface area contributed by atoms with Crippen LogP contribution in [0.25, 0.3) is 0 Å². The summed E-state index contributed by atoms with van der Waals surface area (Å²) in [5.41, 5.74) is 5.44. The Morgan fingerprint density at radius 3 is 2.20 bits per heavy atom. The standard InChI is InChI=1S/C17H16N2S/c1-12-7-9-13(10-8-12)16-11-17(20-2)19-15-6-4-3-5-14(15)18-16/h3-10H,11H2,1-2H3. The molecule has 100 valence electrons. The molecule has 2 aromatic carbocycles. The second-order valence-corrected chi connectivity index (χ2v) is 5.68. The molecule has 0 bridgehead atoms. The smallest absolute Gasteiger partial charge is 0.0896 e. The number of fused-ring (bicyclic) bond motifs is 1. The Labute approximate surface area is 123 Å². The molecule has 3 rings (SSSR count). The van der Waals surface area contributed by atoms with E-state index in [1.807, 2.05) is 24.3 Å². The summed E-state index contributed by atoms with van der Waals surface area (Å²) in [5, 5.41) is 1.11. The highest BCUT2D eigenvalue weighted by Gasteiger charge is 2.13. The minimum Gasteiger partial charge on any atom is -0.250 e. The first kappa shape index (κ1) is 13.1. The van der Waals surface area contributed by atoms with Gasteiger partial charge in [-0.1, -0.05) is 42.0 Å². The third-order valence-electron chi connectivity index (χ3n) is 3.32. The molecule has 1 aliphatic heterocycles. The van der Waals surface area contributed by atoms with Crippen molar-refractivity contribution >= 4 is 33.9 Å². The quantitative estimate of drug-likeness (QED) is 0.728. The Kier molecular flexibility index (Phi) is 3.70. The van der Waals surface area contributed by atoms with Crippen LogP contribution in [0.5, 0.6) is 0 Å².